The second-order valence-electron chi connectivity index (χ2n) is 3.61. The van der Waals surface area contributed by atoms with Gasteiger partial charge in [-0.05, 0) is 6.07 Å². The van der Waals surface area contributed by atoms with Crippen molar-refractivity contribution in [2.24, 2.45) is 0 Å². The highest BCUT2D eigenvalue weighted by Crippen LogP contribution is 2.14. The zero-order chi connectivity index (χ0) is 12.3. The number of hydrogen-bond donors (Lipinski definition) is 1. The number of nitrogens with zero attached hydrogens (tertiary/aromatic N) is 2. The minimum Gasteiger partial charge on any atom is -0.481 e. The summed E-state index contributed by atoms with van der Waals surface area (Å²) in [5.41, 5.74) is 6.56. The van der Waals surface area contributed by atoms with Crippen LogP contribution in [0.15, 0.2) is 41.6 Å². The molecule has 17 heavy (non-hydrogen) atoms. The molecule has 0 bridgehead atoms. The lowest BCUT2D eigenvalue weighted by molar-refractivity contribution is 0.391. The van der Waals surface area contributed by atoms with Crippen molar-refractivity contribution in [1.29, 1.82) is 0 Å². The van der Waals surface area contributed by atoms with Crippen LogP contribution in [0.1, 0.15) is 5.56 Å². The number of nitrogens with two attached hydrogens (primary N) is 1. The van der Waals surface area contributed by atoms with Crippen molar-refractivity contribution in [1.82, 2.24) is 9.55 Å². The van der Waals surface area contributed by atoms with E-state index in [1.54, 1.807) is 25.7 Å². The molecule has 0 unspecified atom stereocenters. The number of rotatable bonds is 3. The molecule has 0 spiro atoms. The Labute approximate surface area is 98.5 Å². The van der Waals surface area contributed by atoms with Crippen LogP contribution in [-0.4, -0.2) is 16.7 Å². The van der Waals surface area contributed by atoms with E-state index in [9.17, 15) is 4.79 Å². The molecule has 2 heterocycles. The second kappa shape index (κ2) is 4.69. The fourth-order valence-electron chi connectivity index (χ4n) is 1.57. The predicted octanol–water partition coefficient (Wildman–Crippen LogP) is 0.882. The van der Waals surface area contributed by atoms with Gasteiger partial charge in [0.15, 0.2) is 0 Å². The van der Waals surface area contributed by atoms with E-state index in [1.165, 1.54) is 6.07 Å². The van der Waals surface area contributed by atoms with Crippen molar-refractivity contribution in [3.05, 3.63) is 52.6 Å². The Kier molecular flexibility index (Phi) is 3.09. The molecule has 2 rings (SSSR count). The highest BCUT2D eigenvalue weighted by Gasteiger charge is 2.04. The Morgan fingerprint density at radius 2 is 2.29 bits per heavy atom. The molecule has 88 valence electrons. The number of aromatic nitrogens is 2. The van der Waals surface area contributed by atoms with Crippen molar-refractivity contribution >= 4 is 5.69 Å². The van der Waals surface area contributed by atoms with Crippen molar-refractivity contribution in [3.8, 4) is 5.88 Å². The lowest BCUT2D eigenvalue weighted by Crippen LogP contribution is -2.11. The number of pyridine rings is 2. The summed E-state index contributed by atoms with van der Waals surface area (Å²) in [6, 6.07) is 5.20. The van der Waals surface area contributed by atoms with E-state index in [2.05, 4.69) is 4.98 Å². The third-order valence-corrected chi connectivity index (χ3v) is 2.40. The van der Waals surface area contributed by atoms with Gasteiger partial charge in [-0.2, -0.15) is 0 Å². The summed E-state index contributed by atoms with van der Waals surface area (Å²) in [5, 5.41) is 0. The van der Waals surface area contributed by atoms with Crippen molar-refractivity contribution in [2.45, 2.75) is 6.54 Å². The number of ether oxygens (including phenoxy) is 1. The number of nitrogen functional groups attached to an aromatic ring is 1. The van der Waals surface area contributed by atoms with Gasteiger partial charge in [0.2, 0.25) is 11.3 Å². The highest BCUT2D eigenvalue weighted by atomic mass is 16.5. The Bertz CT molecular complexity index is 578. The molecule has 2 N–H and O–H groups in total. The van der Waals surface area contributed by atoms with E-state index in [0.717, 1.165) is 5.56 Å². The first kappa shape index (κ1) is 11.2. The molecule has 0 aliphatic heterocycles. The Morgan fingerprint density at radius 3 is 3.00 bits per heavy atom. The van der Waals surface area contributed by atoms with Crippen LogP contribution in [0.2, 0.25) is 0 Å². The summed E-state index contributed by atoms with van der Waals surface area (Å²) in [6.45, 7) is 0.557. The zero-order valence-electron chi connectivity index (χ0n) is 9.46. The molecule has 0 atom stereocenters. The minimum absolute atomic E-state index is 0.167. The second-order valence-corrected chi connectivity index (χ2v) is 3.61. The highest BCUT2D eigenvalue weighted by molar-refractivity contribution is 5.34. The van der Waals surface area contributed by atoms with Gasteiger partial charge < -0.3 is 15.0 Å². The molecule has 5 heteroatoms. The van der Waals surface area contributed by atoms with E-state index in [0.29, 0.717) is 12.4 Å². The maximum atomic E-state index is 11.2. The van der Waals surface area contributed by atoms with Crippen LogP contribution in [0, 0.1) is 0 Å². The molecule has 2 aromatic heterocycles. The van der Waals surface area contributed by atoms with Crippen LogP contribution >= 0.6 is 0 Å². The van der Waals surface area contributed by atoms with Gasteiger partial charge in [-0.15, -0.1) is 0 Å². The molecular formula is C12H13N3O2. The third-order valence-electron chi connectivity index (χ3n) is 2.40. The Balaban J connectivity index is 2.31. The molecule has 0 aliphatic carbocycles. The lowest BCUT2D eigenvalue weighted by atomic mass is 10.2. The minimum atomic E-state index is -0.167. The molecular weight excluding hydrogens is 218 g/mol. The van der Waals surface area contributed by atoms with Crippen LogP contribution in [0.4, 0.5) is 5.69 Å². The maximum Gasteiger partial charge on any atom is 0.218 e. The molecule has 2 aromatic rings. The van der Waals surface area contributed by atoms with Crippen LogP contribution in [-0.2, 0) is 6.54 Å². The molecule has 0 aliphatic rings. The van der Waals surface area contributed by atoms with Crippen LogP contribution in [0.25, 0.3) is 0 Å². The summed E-state index contributed by atoms with van der Waals surface area (Å²) in [5.74, 6) is 0.574. The van der Waals surface area contributed by atoms with E-state index in [4.69, 9.17) is 10.5 Å². The van der Waals surface area contributed by atoms with Gasteiger partial charge in [0.1, 0.15) is 0 Å². The number of anilines is 1. The first-order chi connectivity index (χ1) is 8.20. The van der Waals surface area contributed by atoms with Crippen LogP contribution < -0.4 is 15.9 Å². The molecule has 0 saturated carbocycles. The van der Waals surface area contributed by atoms with Crippen molar-refractivity contribution < 1.29 is 4.74 Å². The average Bonchev–Trinajstić information content (AvgIpc) is 2.34. The smallest absolute Gasteiger partial charge is 0.218 e. The first-order valence-corrected chi connectivity index (χ1v) is 5.14. The first-order valence-electron chi connectivity index (χ1n) is 5.14. The van der Waals surface area contributed by atoms with Gasteiger partial charge in [-0.25, -0.2) is 4.98 Å². The third kappa shape index (κ3) is 2.44. The van der Waals surface area contributed by atoms with Gasteiger partial charge >= 0.3 is 0 Å². The molecule has 0 saturated heterocycles. The predicted molar refractivity (Wildman–Crippen MR) is 65.0 cm³/mol. The Morgan fingerprint density at radius 1 is 1.47 bits per heavy atom. The molecule has 0 aromatic carbocycles. The fraction of sp³-hybridized carbons (Fsp3) is 0.167. The summed E-state index contributed by atoms with van der Waals surface area (Å²) in [4.78, 5) is 15.3. The zero-order valence-corrected chi connectivity index (χ0v) is 9.46. The lowest BCUT2D eigenvalue weighted by Gasteiger charge is -2.09. The fourth-order valence-corrected chi connectivity index (χ4v) is 1.57. The maximum absolute atomic E-state index is 11.2. The topological polar surface area (TPSA) is 70.1 Å². The van der Waals surface area contributed by atoms with Crippen LogP contribution in [0.5, 0.6) is 5.88 Å². The monoisotopic (exact) mass is 231 g/mol. The normalized spacial score (nSPS) is 10.2. The van der Waals surface area contributed by atoms with Gasteiger partial charge in [0.05, 0.1) is 19.3 Å². The summed E-state index contributed by atoms with van der Waals surface area (Å²) >= 11 is 0. The van der Waals surface area contributed by atoms with Crippen molar-refractivity contribution in [3.63, 3.8) is 0 Å². The summed E-state index contributed by atoms with van der Waals surface area (Å²) in [6.07, 6.45) is 4.96. The van der Waals surface area contributed by atoms with E-state index in [-0.39, 0.29) is 11.1 Å². The standard InChI is InChI=1S/C12H13N3O2/c1-17-12-9(3-2-5-14-12)7-15-6-4-11(16)10(13)8-15/h2-6,8H,7,13H2,1H3. The van der Waals surface area contributed by atoms with Gasteiger partial charge in [0, 0.05) is 30.2 Å². The SMILES string of the molecule is COc1ncccc1Cn1ccc(=O)c(N)c1. The summed E-state index contributed by atoms with van der Waals surface area (Å²) < 4.78 is 6.97. The van der Waals surface area contributed by atoms with E-state index in [1.807, 2.05) is 16.7 Å². The summed E-state index contributed by atoms with van der Waals surface area (Å²) in [7, 11) is 1.58. The van der Waals surface area contributed by atoms with E-state index < -0.39 is 0 Å². The molecule has 5 nitrogen and oxygen atoms in total. The molecule has 0 amide bonds. The molecule has 0 fully saturated rings. The van der Waals surface area contributed by atoms with Crippen LogP contribution in [0.3, 0.4) is 0 Å². The average molecular weight is 231 g/mol. The van der Waals surface area contributed by atoms with Gasteiger partial charge in [0.25, 0.3) is 0 Å². The largest absolute Gasteiger partial charge is 0.481 e. The van der Waals surface area contributed by atoms with Gasteiger partial charge in [-0.3, -0.25) is 4.79 Å². The number of methoxy groups -OCH3 is 1. The van der Waals surface area contributed by atoms with E-state index >= 15 is 0 Å². The van der Waals surface area contributed by atoms with Crippen molar-refractivity contribution in [2.75, 3.05) is 12.8 Å². The number of hydrogen-bond acceptors (Lipinski definition) is 4. The quantitative estimate of drug-likeness (QED) is 0.851. The Hall–Kier alpha value is -2.30. The van der Waals surface area contributed by atoms with Gasteiger partial charge in [-0.1, -0.05) is 6.07 Å². The molecule has 0 radical (unpaired) electrons.